The van der Waals surface area contributed by atoms with Gasteiger partial charge in [0.1, 0.15) is 0 Å². The molecule has 0 spiro atoms. The molecule has 1 N–H and O–H groups in total. The van der Waals surface area contributed by atoms with Crippen molar-refractivity contribution in [3.63, 3.8) is 0 Å². The average molecular weight is 360 g/mol. The van der Waals surface area contributed by atoms with Crippen LogP contribution in [0.25, 0.3) is 0 Å². The Labute approximate surface area is 157 Å². The van der Waals surface area contributed by atoms with E-state index in [9.17, 15) is 4.79 Å². The number of amides is 2. The fourth-order valence-electron chi connectivity index (χ4n) is 4.21. The van der Waals surface area contributed by atoms with Gasteiger partial charge in [0, 0.05) is 38.5 Å². The highest BCUT2D eigenvalue weighted by Gasteiger charge is 2.24. The van der Waals surface area contributed by atoms with Crippen molar-refractivity contribution in [2.45, 2.75) is 63.6 Å². The van der Waals surface area contributed by atoms with E-state index in [4.69, 9.17) is 4.74 Å². The summed E-state index contributed by atoms with van der Waals surface area (Å²) in [5.74, 6) is 0. The molecular weight excluding hydrogens is 326 g/mol. The van der Waals surface area contributed by atoms with Gasteiger partial charge in [-0.15, -0.1) is 0 Å². The maximum atomic E-state index is 12.7. The summed E-state index contributed by atoms with van der Waals surface area (Å²) in [5, 5.41) is 3.14. The van der Waals surface area contributed by atoms with Gasteiger partial charge >= 0.3 is 6.03 Å². The molecule has 1 saturated heterocycles. The van der Waals surface area contributed by atoms with Crippen LogP contribution in [-0.2, 0) is 11.3 Å². The lowest BCUT2D eigenvalue weighted by Crippen LogP contribution is -2.45. The maximum Gasteiger partial charge on any atom is 0.321 e. The van der Waals surface area contributed by atoms with Crippen molar-refractivity contribution in [2.24, 2.45) is 0 Å². The van der Waals surface area contributed by atoms with Crippen LogP contribution in [-0.4, -0.2) is 55.2 Å². The number of nitrogens with zero attached hydrogens (tertiary/aromatic N) is 2. The SMILES string of the molecule is COC1CCCN(C(=O)Nc2ccccc2CN(C)C2CCCCC2)C1. The molecule has 0 aromatic heterocycles. The predicted octanol–water partition coefficient (Wildman–Crippen LogP) is 4.09. The van der Waals surface area contributed by atoms with E-state index >= 15 is 0 Å². The molecule has 1 heterocycles. The van der Waals surface area contributed by atoms with Crippen molar-refractivity contribution in [2.75, 3.05) is 32.6 Å². The third-order valence-electron chi connectivity index (χ3n) is 5.88. The van der Waals surface area contributed by atoms with Crippen molar-refractivity contribution < 1.29 is 9.53 Å². The number of urea groups is 1. The third-order valence-corrected chi connectivity index (χ3v) is 5.88. The van der Waals surface area contributed by atoms with Crippen LogP contribution in [0.15, 0.2) is 24.3 Å². The molecule has 1 aliphatic carbocycles. The van der Waals surface area contributed by atoms with Gasteiger partial charge in [-0.25, -0.2) is 4.79 Å². The van der Waals surface area contributed by atoms with Crippen LogP contribution >= 0.6 is 0 Å². The van der Waals surface area contributed by atoms with E-state index in [0.29, 0.717) is 12.6 Å². The van der Waals surface area contributed by atoms with Crippen molar-refractivity contribution in [1.82, 2.24) is 9.80 Å². The molecule has 1 aliphatic heterocycles. The van der Waals surface area contributed by atoms with Gasteiger partial charge in [-0.3, -0.25) is 4.90 Å². The van der Waals surface area contributed by atoms with E-state index in [2.05, 4.69) is 29.4 Å². The van der Waals surface area contributed by atoms with Gasteiger partial charge in [0.2, 0.25) is 0 Å². The normalized spacial score (nSPS) is 21.8. The fraction of sp³-hybridized carbons (Fsp3) is 0.667. The summed E-state index contributed by atoms with van der Waals surface area (Å²) in [7, 11) is 3.94. The van der Waals surface area contributed by atoms with Crippen molar-refractivity contribution in [1.29, 1.82) is 0 Å². The first-order chi connectivity index (χ1) is 12.7. The number of carbonyl (C=O) groups is 1. The lowest BCUT2D eigenvalue weighted by Gasteiger charge is -2.33. The number of para-hydroxylation sites is 1. The van der Waals surface area contributed by atoms with Crippen molar-refractivity contribution >= 4 is 11.7 Å². The summed E-state index contributed by atoms with van der Waals surface area (Å²) in [4.78, 5) is 17.0. The number of hydrogen-bond acceptors (Lipinski definition) is 3. The second kappa shape index (κ2) is 9.38. The Hall–Kier alpha value is -1.59. The minimum absolute atomic E-state index is 0.0143. The number of methoxy groups -OCH3 is 1. The Morgan fingerprint density at radius 3 is 2.73 bits per heavy atom. The second-order valence-electron chi connectivity index (χ2n) is 7.74. The predicted molar refractivity (Wildman–Crippen MR) is 105 cm³/mol. The molecule has 1 atom stereocenters. The molecule has 1 aromatic carbocycles. The molecule has 2 fully saturated rings. The quantitative estimate of drug-likeness (QED) is 0.861. The van der Waals surface area contributed by atoms with Crippen LogP contribution in [0, 0.1) is 0 Å². The minimum Gasteiger partial charge on any atom is -0.380 e. The molecule has 144 valence electrons. The first-order valence-electron chi connectivity index (χ1n) is 10.0. The molecule has 1 saturated carbocycles. The zero-order chi connectivity index (χ0) is 18.4. The number of rotatable bonds is 5. The summed E-state index contributed by atoms with van der Waals surface area (Å²) < 4.78 is 5.44. The van der Waals surface area contributed by atoms with Crippen molar-refractivity contribution in [3.05, 3.63) is 29.8 Å². The summed E-state index contributed by atoms with van der Waals surface area (Å²) in [6.45, 7) is 2.35. The van der Waals surface area contributed by atoms with Crippen LogP contribution in [0.3, 0.4) is 0 Å². The zero-order valence-electron chi connectivity index (χ0n) is 16.2. The van der Waals surface area contributed by atoms with Gasteiger partial charge in [-0.05, 0) is 44.4 Å². The number of nitrogens with one attached hydrogen (secondary N) is 1. The molecule has 5 heteroatoms. The van der Waals surface area contributed by atoms with Gasteiger partial charge in [-0.1, -0.05) is 37.5 Å². The number of anilines is 1. The molecule has 0 radical (unpaired) electrons. The molecule has 5 nitrogen and oxygen atoms in total. The molecule has 0 bridgehead atoms. The smallest absolute Gasteiger partial charge is 0.321 e. The molecule has 2 aliphatic rings. The van der Waals surface area contributed by atoms with Crippen LogP contribution < -0.4 is 5.32 Å². The van der Waals surface area contributed by atoms with Crippen LogP contribution in [0.5, 0.6) is 0 Å². The Morgan fingerprint density at radius 1 is 1.19 bits per heavy atom. The van der Waals surface area contributed by atoms with E-state index in [1.165, 1.54) is 37.7 Å². The van der Waals surface area contributed by atoms with Gasteiger partial charge in [0.15, 0.2) is 0 Å². The van der Waals surface area contributed by atoms with E-state index < -0.39 is 0 Å². The first-order valence-corrected chi connectivity index (χ1v) is 10.0. The number of benzene rings is 1. The molecular formula is C21H33N3O2. The molecule has 2 amide bonds. The lowest BCUT2D eigenvalue weighted by molar-refractivity contribution is 0.0458. The molecule has 1 unspecified atom stereocenters. The standard InChI is InChI=1S/C21H33N3O2/c1-23(18-10-4-3-5-11-18)15-17-9-6-7-13-20(17)22-21(25)24-14-8-12-19(16-24)26-2/h6-7,9,13,18-19H,3-5,8,10-12,14-16H2,1-2H3,(H,22,25). The van der Waals surface area contributed by atoms with Crippen molar-refractivity contribution in [3.8, 4) is 0 Å². The number of likely N-dealkylation sites (tertiary alicyclic amines) is 1. The topological polar surface area (TPSA) is 44.8 Å². The van der Waals surface area contributed by atoms with E-state index in [1.807, 2.05) is 17.0 Å². The average Bonchev–Trinajstić information content (AvgIpc) is 2.70. The van der Waals surface area contributed by atoms with Gasteiger partial charge in [0.05, 0.1) is 6.10 Å². The highest BCUT2D eigenvalue weighted by atomic mass is 16.5. The zero-order valence-corrected chi connectivity index (χ0v) is 16.2. The number of hydrogen-bond donors (Lipinski definition) is 1. The molecule has 3 rings (SSSR count). The van der Waals surface area contributed by atoms with E-state index in [-0.39, 0.29) is 12.1 Å². The van der Waals surface area contributed by atoms with E-state index in [0.717, 1.165) is 31.6 Å². The maximum absolute atomic E-state index is 12.7. The van der Waals surface area contributed by atoms with Crippen LogP contribution in [0.2, 0.25) is 0 Å². The summed E-state index contributed by atoms with van der Waals surface area (Å²) in [6.07, 6.45) is 8.80. The Balaban J connectivity index is 1.62. The monoisotopic (exact) mass is 359 g/mol. The summed E-state index contributed by atoms with van der Waals surface area (Å²) in [5.41, 5.74) is 2.12. The van der Waals surface area contributed by atoms with Gasteiger partial charge in [0.25, 0.3) is 0 Å². The van der Waals surface area contributed by atoms with Crippen LogP contribution in [0.4, 0.5) is 10.5 Å². The van der Waals surface area contributed by atoms with E-state index in [1.54, 1.807) is 7.11 Å². The fourth-order valence-corrected chi connectivity index (χ4v) is 4.21. The minimum atomic E-state index is -0.0143. The highest BCUT2D eigenvalue weighted by molar-refractivity contribution is 5.90. The first kappa shape index (κ1) is 19.2. The number of piperidine rings is 1. The van der Waals surface area contributed by atoms with Crippen LogP contribution in [0.1, 0.15) is 50.5 Å². The largest absolute Gasteiger partial charge is 0.380 e. The highest BCUT2D eigenvalue weighted by Crippen LogP contribution is 2.25. The number of ether oxygens (including phenoxy) is 1. The molecule has 1 aromatic rings. The third kappa shape index (κ3) is 4.98. The summed E-state index contributed by atoms with van der Waals surface area (Å²) in [6, 6.07) is 8.84. The number of carbonyl (C=O) groups excluding carboxylic acids is 1. The van der Waals surface area contributed by atoms with Gasteiger partial charge < -0.3 is 15.0 Å². The Bertz CT molecular complexity index is 586. The van der Waals surface area contributed by atoms with Gasteiger partial charge in [-0.2, -0.15) is 0 Å². The summed E-state index contributed by atoms with van der Waals surface area (Å²) >= 11 is 0. The lowest BCUT2D eigenvalue weighted by atomic mass is 9.94. The second-order valence-corrected chi connectivity index (χ2v) is 7.74. The molecule has 26 heavy (non-hydrogen) atoms. The Morgan fingerprint density at radius 2 is 1.96 bits per heavy atom. The Kier molecular flexibility index (Phi) is 6.92.